The van der Waals surface area contributed by atoms with E-state index in [9.17, 15) is 0 Å². The van der Waals surface area contributed by atoms with Crippen LogP contribution in [-0.4, -0.2) is 22.9 Å². The van der Waals surface area contributed by atoms with Crippen molar-refractivity contribution in [1.29, 1.82) is 0 Å². The van der Waals surface area contributed by atoms with Gasteiger partial charge in [0.15, 0.2) is 0 Å². The second kappa shape index (κ2) is 6.91. The molecule has 0 spiro atoms. The Morgan fingerprint density at radius 3 is 2.00 bits per heavy atom. The second-order valence-corrected chi connectivity index (χ2v) is 7.44. The van der Waals surface area contributed by atoms with Gasteiger partial charge in [-0.1, -0.05) is 44.7 Å². The maximum absolute atomic E-state index is 5.91. The summed E-state index contributed by atoms with van der Waals surface area (Å²) < 4.78 is 5.91. The largest absolute Gasteiger partial charge is 0.376 e. The van der Waals surface area contributed by atoms with Gasteiger partial charge in [0.2, 0.25) is 0 Å². The van der Waals surface area contributed by atoms with Gasteiger partial charge in [-0.25, -0.2) is 0 Å². The normalized spacial score (nSPS) is 18.9. The zero-order chi connectivity index (χ0) is 12.9. The summed E-state index contributed by atoms with van der Waals surface area (Å²) in [6.45, 7) is 7.27. The Labute approximate surface area is 123 Å². The Kier molecular flexibility index (Phi) is 6.49. The average Bonchev–Trinajstić information content (AvgIpc) is 2.77. The van der Waals surface area contributed by atoms with Crippen LogP contribution >= 0.6 is 31.9 Å². The molecule has 1 saturated carbocycles. The molecule has 0 atom stereocenters. The Bertz CT molecular complexity index is 213. The van der Waals surface area contributed by atoms with E-state index in [1.54, 1.807) is 0 Å². The molecular weight excluding hydrogens is 344 g/mol. The van der Waals surface area contributed by atoms with Gasteiger partial charge in [-0.05, 0) is 51.4 Å². The highest BCUT2D eigenvalue weighted by Gasteiger charge is 2.38. The molecule has 0 saturated heterocycles. The molecule has 102 valence electrons. The summed E-state index contributed by atoms with van der Waals surface area (Å²) in [6, 6.07) is 0. The minimum Gasteiger partial charge on any atom is -0.376 e. The summed E-state index contributed by atoms with van der Waals surface area (Å²) in [5.74, 6) is 0.866. The second-order valence-electron chi connectivity index (χ2n) is 6.32. The van der Waals surface area contributed by atoms with Crippen LogP contribution in [0.1, 0.15) is 52.9 Å². The van der Waals surface area contributed by atoms with Crippen molar-refractivity contribution in [2.24, 2.45) is 11.3 Å². The Balaban J connectivity index is 2.52. The van der Waals surface area contributed by atoms with Gasteiger partial charge in [0.05, 0.1) is 5.60 Å². The third kappa shape index (κ3) is 4.83. The number of hydrogen-bond acceptors (Lipinski definition) is 1. The molecule has 0 bridgehead atoms. The van der Waals surface area contributed by atoms with Crippen LogP contribution in [0.25, 0.3) is 0 Å². The molecular formula is C14H26Br2O. The lowest BCUT2D eigenvalue weighted by Gasteiger charge is -2.37. The molecule has 0 aromatic carbocycles. The van der Waals surface area contributed by atoms with Crippen LogP contribution in [0.3, 0.4) is 0 Å². The molecule has 1 nitrogen and oxygen atoms in total. The van der Waals surface area contributed by atoms with Crippen molar-refractivity contribution in [3.05, 3.63) is 0 Å². The zero-order valence-corrected chi connectivity index (χ0v) is 14.6. The molecule has 17 heavy (non-hydrogen) atoms. The summed E-state index contributed by atoms with van der Waals surface area (Å²) >= 11 is 7.48. The van der Waals surface area contributed by atoms with Gasteiger partial charge in [0.25, 0.3) is 0 Å². The maximum atomic E-state index is 5.91. The van der Waals surface area contributed by atoms with Crippen molar-refractivity contribution in [2.75, 3.05) is 17.3 Å². The summed E-state index contributed by atoms with van der Waals surface area (Å²) in [5.41, 5.74) is 0.377. The van der Waals surface area contributed by atoms with Gasteiger partial charge in [0, 0.05) is 17.3 Å². The van der Waals surface area contributed by atoms with Crippen molar-refractivity contribution < 1.29 is 4.74 Å². The molecule has 0 heterocycles. The van der Waals surface area contributed by atoms with E-state index in [0.717, 1.165) is 29.6 Å². The molecule has 0 aromatic rings. The predicted molar refractivity (Wildman–Crippen MR) is 82.3 cm³/mol. The molecule has 0 aliphatic heterocycles. The Morgan fingerprint density at radius 2 is 1.59 bits per heavy atom. The standard InChI is InChI=1S/C14H26Br2O/c1-13(2,3)17-9-8-14(10-15,11-16)12-6-4-5-7-12/h12H,4-11H2,1-3H3. The van der Waals surface area contributed by atoms with E-state index >= 15 is 0 Å². The van der Waals surface area contributed by atoms with Crippen molar-refractivity contribution >= 4 is 31.9 Å². The highest BCUT2D eigenvalue weighted by molar-refractivity contribution is 9.09. The third-order valence-corrected chi connectivity index (χ3v) is 6.12. The van der Waals surface area contributed by atoms with Crippen molar-refractivity contribution in [3.8, 4) is 0 Å². The van der Waals surface area contributed by atoms with Crippen LogP contribution in [0.2, 0.25) is 0 Å². The van der Waals surface area contributed by atoms with Crippen LogP contribution in [0, 0.1) is 11.3 Å². The van der Waals surface area contributed by atoms with Crippen molar-refractivity contribution in [1.82, 2.24) is 0 Å². The molecule has 3 heteroatoms. The van der Waals surface area contributed by atoms with Gasteiger partial charge in [-0.15, -0.1) is 0 Å². The molecule has 1 rings (SSSR count). The zero-order valence-electron chi connectivity index (χ0n) is 11.4. The highest BCUT2D eigenvalue weighted by atomic mass is 79.9. The van der Waals surface area contributed by atoms with Gasteiger partial charge < -0.3 is 4.74 Å². The first kappa shape index (κ1) is 16.0. The molecule has 1 aliphatic carbocycles. The van der Waals surface area contributed by atoms with E-state index in [0.29, 0.717) is 5.41 Å². The number of ether oxygens (including phenoxy) is 1. The van der Waals surface area contributed by atoms with Crippen molar-refractivity contribution in [3.63, 3.8) is 0 Å². The van der Waals surface area contributed by atoms with Gasteiger partial charge in [0.1, 0.15) is 0 Å². The summed E-state index contributed by atoms with van der Waals surface area (Å²) in [6.07, 6.45) is 6.77. The van der Waals surface area contributed by atoms with Crippen LogP contribution in [-0.2, 0) is 4.74 Å². The first-order chi connectivity index (χ1) is 7.93. The smallest absolute Gasteiger partial charge is 0.0598 e. The quantitative estimate of drug-likeness (QED) is 0.587. The monoisotopic (exact) mass is 368 g/mol. The molecule has 1 aliphatic rings. The molecule has 0 aromatic heterocycles. The maximum Gasteiger partial charge on any atom is 0.0598 e. The van der Waals surface area contributed by atoms with E-state index in [2.05, 4.69) is 52.6 Å². The number of halogens is 2. The van der Waals surface area contributed by atoms with Crippen LogP contribution in [0.15, 0.2) is 0 Å². The minimum absolute atomic E-state index is 0.0138. The van der Waals surface area contributed by atoms with Crippen molar-refractivity contribution in [2.45, 2.75) is 58.5 Å². The molecule has 0 radical (unpaired) electrons. The van der Waals surface area contributed by atoms with Gasteiger partial charge in [-0.2, -0.15) is 0 Å². The van der Waals surface area contributed by atoms with Gasteiger partial charge >= 0.3 is 0 Å². The first-order valence-corrected chi connectivity index (χ1v) is 8.94. The fraction of sp³-hybridized carbons (Fsp3) is 1.00. The lowest BCUT2D eigenvalue weighted by atomic mass is 9.75. The van der Waals surface area contributed by atoms with Crippen LogP contribution in [0.5, 0.6) is 0 Å². The molecule has 0 N–H and O–H groups in total. The predicted octanol–water partition coefficient (Wildman–Crippen LogP) is 5.16. The summed E-state index contributed by atoms with van der Waals surface area (Å²) in [5, 5.41) is 2.17. The fourth-order valence-corrected chi connectivity index (χ4v) is 5.10. The van der Waals surface area contributed by atoms with E-state index in [1.807, 2.05) is 0 Å². The Morgan fingerprint density at radius 1 is 1.06 bits per heavy atom. The fourth-order valence-electron chi connectivity index (χ4n) is 2.69. The average molecular weight is 370 g/mol. The first-order valence-electron chi connectivity index (χ1n) is 6.69. The number of hydrogen-bond donors (Lipinski definition) is 0. The third-order valence-electron chi connectivity index (χ3n) is 3.89. The number of alkyl halides is 2. The van der Waals surface area contributed by atoms with E-state index in [-0.39, 0.29) is 5.60 Å². The minimum atomic E-state index is -0.0138. The highest BCUT2D eigenvalue weighted by Crippen LogP contribution is 2.45. The van der Waals surface area contributed by atoms with E-state index in [1.165, 1.54) is 25.7 Å². The number of rotatable bonds is 6. The van der Waals surface area contributed by atoms with E-state index < -0.39 is 0 Å². The van der Waals surface area contributed by atoms with Crippen LogP contribution < -0.4 is 0 Å². The summed E-state index contributed by atoms with van der Waals surface area (Å²) in [4.78, 5) is 0. The topological polar surface area (TPSA) is 9.23 Å². The SMILES string of the molecule is CC(C)(C)OCCC(CBr)(CBr)C1CCCC1. The Hall–Kier alpha value is 0.920. The van der Waals surface area contributed by atoms with Gasteiger partial charge in [-0.3, -0.25) is 0 Å². The lowest BCUT2D eigenvalue weighted by molar-refractivity contribution is -0.0199. The van der Waals surface area contributed by atoms with E-state index in [4.69, 9.17) is 4.74 Å². The van der Waals surface area contributed by atoms with Crippen LogP contribution in [0.4, 0.5) is 0 Å². The molecule has 0 unspecified atom stereocenters. The summed E-state index contributed by atoms with van der Waals surface area (Å²) in [7, 11) is 0. The molecule has 1 fully saturated rings. The lowest BCUT2D eigenvalue weighted by Crippen LogP contribution is -2.35. The molecule has 0 amide bonds.